The third kappa shape index (κ3) is 3.88. The molecular weight excluding hydrogens is 180 g/mol. The zero-order chi connectivity index (χ0) is 9.52. The smallest absolute Gasteiger partial charge is 0.0218 e. The van der Waals surface area contributed by atoms with Crippen molar-refractivity contribution in [2.24, 2.45) is 5.73 Å². The third-order valence-corrected chi connectivity index (χ3v) is 3.69. The van der Waals surface area contributed by atoms with Crippen LogP contribution in [0.25, 0.3) is 0 Å². The van der Waals surface area contributed by atoms with Crippen LogP contribution in [-0.4, -0.2) is 42.1 Å². The van der Waals surface area contributed by atoms with Crippen LogP contribution in [0.2, 0.25) is 0 Å². The molecule has 2 nitrogen and oxygen atoms in total. The van der Waals surface area contributed by atoms with Gasteiger partial charge in [0.05, 0.1) is 0 Å². The fraction of sp³-hybridized carbons (Fsp3) is 1.00. The van der Waals surface area contributed by atoms with Crippen molar-refractivity contribution < 1.29 is 0 Å². The second-order valence-corrected chi connectivity index (χ2v) is 5.01. The molecule has 1 saturated heterocycles. The molecule has 13 heavy (non-hydrogen) atoms. The van der Waals surface area contributed by atoms with Gasteiger partial charge in [0.25, 0.3) is 0 Å². The van der Waals surface area contributed by atoms with Gasteiger partial charge < -0.3 is 5.73 Å². The molecule has 1 fully saturated rings. The zero-order valence-corrected chi connectivity index (χ0v) is 9.48. The molecule has 0 bridgehead atoms. The quantitative estimate of drug-likeness (QED) is 0.663. The van der Waals surface area contributed by atoms with Crippen LogP contribution in [0.15, 0.2) is 0 Å². The Bertz CT molecular complexity index is 130. The largest absolute Gasteiger partial charge is 0.329 e. The van der Waals surface area contributed by atoms with Gasteiger partial charge >= 0.3 is 0 Å². The Morgan fingerprint density at radius 1 is 1.54 bits per heavy atom. The average molecular weight is 202 g/mol. The predicted octanol–water partition coefficient (Wildman–Crippen LogP) is 1.55. The van der Waals surface area contributed by atoms with Gasteiger partial charge in [0, 0.05) is 12.6 Å². The minimum atomic E-state index is 0.687. The Morgan fingerprint density at radius 3 is 3.08 bits per heavy atom. The summed E-state index contributed by atoms with van der Waals surface area (Å²) in [4.78, 5) is 2.57. The number of nitrogens with two attached hydrogens (primary N) is 1. The van der Waals surface area contributed by atoms with Gasteiger partial charge in [-0.25, -0.2) is 0 Å². The van der Waals surface area contributed by atoms with Crippen molar-refractivity contribution in [1.82, 2.24) is 4.90 Å². The molecule has 0 aromatic rings. The molecule has 0 aromatic carbocycles. The van der Waals surface area contributed by atoms with E-state index in [1.165, 1.54) is 43.9 Å². The fourth-order valence-corrected chi connectivity index (χ4v) is 2.59. The molecule has 0 amide bonds. The summed E-state index contributed by atoms with van der Waals surface area (Å²) in [5.41, 5.74) is 5.71. The van der Waals surface area contributed by atoms with E-state index in [1.807, 2.05) is 11.8 Å². The van der Waals surface area contributed by atoms with E-state index in [-0.39, 0.29) is 0 Å². The van der Waals surface area contributed by atoms with Gasteiger partial charge in [0.1, 0.15) is 0 Å². The van der Waals surface area contributed by atoms with Gasteiger partial charge in [-0.2, -0.15) is 11.8 Å². The molecule has 0 spiro atoms. The van der Waals surface area contributed by atoms with Crippen LogP contribution in [0, 0.1) is 0 Å². The van der Waals surface area contributed by atoms with Gasteiger partial charge in [-0.05, 0) is 43.9 Å². The summed E-state index contributed by atoms with van der Waals surface area (Å²) < 4.78 is 0. The van der Waals surface area contributed by atoms with Crippen molar-refractivity contribution in [3.8, 4) is 0 Å². The minimum Gasteiger partial charge on any atom is -0.329 e. The van der Waals surface area contributed by atoms with Gasteiger partial charge in [0.2, 0.25) is 0 Å². The molecule has 3 heteroatoms. The molecule has 1 rings (SSSR count). The van der Waals surface area contributed by atoms with Crippen LogP contribution in [-0.2, 0) is 0 Å². The number of rotatable bonds is 6. The molecule has 1 heterocycles. The molecule has 2 N–H and O–H groups in total. The molecule has 78 valence electrons. The minimum absolute atomic E-state index is 0.687. The van der Waals surface area contributed by atoms with Gasteiger partial charge in [-0.1, -0.05) is 6.92 Å². The van der Waals surface area contributed by atoms with Crippen LogP contribution in [0.3, 0.4) is 0 Å². The van der Waals surface area contributed by atoms with Gasteiger partial charge in [-0.15, -0.1) is 0 Å². The maximum Gasteiger partial charge on any atom is 0.0218 e. The summed E-state index contributed by atoms with van der Waals surface area (Å²) in [5, 5.41) is 0. The van der Waals surface area contributed by atoms with Crippen molar-refractivity contribution >= 4 is 11.8 Å². The molecule has 0 aromatic heterocycles. The summed E-state index contributed by atoms with van der Waals surface area (Å²) >= 11 is 2.04. The molecule has 0 saturated carbocycles. The maximum atomic E-state index is 5.71. The highest BCUT2D eigenvalue weighted by atomic mass is 32.2. The lowest BCUT2D eigenvalue weighted by atomic mass is 10.2. The van der Waals surface area contributed by atoms with E-state index < -0.39 is 0 Å². The Morgan fingerprint density at radius 2 is 2.38 bits per heavy atom. The normalized spacial score (nSPS) is 24.0. The van der Waals surface area contributed by atoms with Crippen molar-refractivity contribution in [3.05, 3.63) is 0 Å². The van der Waals surface area contributed by atoms with Crippen LogP contribution >= 0.6 is 11.8 Å². The van der Waals surface area contributed by atoms with Gasteiger partial charge in [-0.3, -0.25) is 4.90 Å². The lowest BCUT2D eigenvalue weighted by Crippen LogP contribution is -2.36. The van der Waals surface area contributed by atoms with E-state index in [4.69, 9.17) is 5.73 Å². The summed E-state index contributed by atoms with van der Waals surface area (Å²) in [5.74, 6) is 2.56. The number of hydrogen-bond donors (Lipinski definition) is 1. The molecule has 1 aliphatic rings. The van der Waals surface area contributed by atoms with E-state index in [0.717, 1.165) is 6.54 Å². The lowest BCUT2D eigenvalue weighted by Gasteiger charge is -2.22. The Balaban J connectivity index is 2.06. The summed E-state index contributed by atoms with van der Waals surface area (Å²) in [6.45, 7) is 5.61. The first-order chi connectivity index (χ1) is 6.38. The molecule has 0 radical (unpaired) electrons. The topological polar surface area (TPSA) is 29.3 Å². The van der Waals surface area contributed by atoms with E-state index >= 15 is 0 Å². The lowest BCUT2D eigenvalue weighted by molar-refractivity contribution is 0.260. The van der Waals surface area contributed by atoms with E-state index in [0.29, 0.717) is 6.04 Å². The Kier molecular flexibility index (Phi) is 5.83. The van der Waals surface area contributed by atoms with Crippen molar-refractivity contribution in [1.29, 1.82) is 0 Å². The average Bonchev–Trinajstić information content (AvgIpc) is 2.60. The number of likely N-dealkylation sites (tertiary alicyclic amines) is 1. The first-order valence-electron chi connectivity index (χ1n) is 5.40. The second-order valence-electron chi connectivity index (χ2n) is 3.62. The van der Waals surface area contributed by atoms with Crippen LogP contribution in [0.1, 0.15) is 26.2 Å². The van der Waals surface area contributed by atoms with Crippen molar-refractivity contribution in [2.45, 2.75) is 32.2 Å². The Hall–Kier alpha value is 0.270. The fourth-order valence-electron chi connectivity index (χ4n) is 1.97. The SMILES string of the molecule is CCSCCCN1CCCC1CN. The number of thioether (sulfide) groups is 1. The summed E-state index contributed by atoms with van der Waals surface area (Å²) in [7, 11) is 0. The molecule has 0 aliphatic carbocycles. The highest BCUT2D eigenvalue weighted by Crippen LogP contribution is 2.16. The first kappa shape index (κ1) is 11.3. The molecule has 1 unspecified atom stereocenters. The first-order valence-corrected chi connectivity index (χ1v) is 6.55. The van der Waals surface area contributed by atoms with Crippen molar-refractivity contribution in [2.75, 3.05) is 31.1 Å². The Labute approximate surface area is 86.2 Å². The van der Waals surface area contributed by atoms with E-state index in [9.17, 15) is 0 Å². The zero-order valence-electron chi connectivity index (χ0n) is 8.67. The highest BCUT2D eigenvalue weighted by molar-refractivity contribution is 7.99. The molecule has 1 atom stereocenters. The number of hydrogen-bond acceptors (Lipinski definition) is 3. The van der Waals surface area contributed by atoms with Crippen LogP contribution in [0.4, 0.5) is 0 Å². The van der Waals surface area contributed by atoms with Gasteiger partial charge in [0.15, 0.2) is 0 Å². The molecule has 1 aliphatic heterocycles. The van der Waals surface area contributed by atoms with Crippen LogP contribution in [0.5, 0.6) is 0 Å². The van der Waals surface area contributed by atoms with E-state index in [2.05, 4.69) is 11.8 Å². The van der Waals surface area contributed by atoms with Crippen LogP contribution < -0.4 is 5.73 Å². The predicted molar refractivity (Wildman–Crippen MR) is 61.3 cm³/mol. The van der Waals surface area contributed by atoms with Crippen molar-refractivity contribution in [3.63, 3.8) is 0 Å². The number of nitrogens with zero attached hydrogens (tertiary/aromatic N) is 1. The third-order valence-electron chi connectivity index (χ3n) is 2.71. The summed E-state index contributed by atoms with van der Waals surface area (Å²) in [6.07, 6.45) is 4.00. The molecular formula is C10H22N2S. The second kappa shape index (κ2) is 6.68. The monoisotopic (exact) mass is 202 g/mol. The summed E-state index contributed by atoms with van der Waals surface area (Å²) in [6, 6.07) is 0.687. The highest BCUT2D eigenvalue weighted by Gasteiger charge is 2.21. The van der Waals surface area contributed by atoms with E-state index in [1.54, 1.807) is 0 Å². The standard InChI is InChI=1S/C10H22N2S/c1-2-13-8-4-7-12-6-3-5-10(12)9-11/h10H,2-9,11H2,1H3. The maximum absolute atomic E-state index is 5.71.